The van der Waals surface area contributed by atoms with Gasteiger partial charge in [0.2, 0.25) is 0 Å². The van der Waals surface area contributed by atoms with Crippen LogP contribution in [0.2, 0.25) is 0 Å². The number of allylic oxidation sites excluding steroid dienone is 1. The Balaban J connectivity index is 1.74. The SMILES string of the molecule is CC1=C(C(=O)OCCOc2ccccc2)C(c2ccccc2I)NC(=O)N1C. The quantitative estimate of drug-likeness (QED) is 0.378. The van der Waals surface area contributed by atoms with Gasteiger partial charge in [-0.2, -0.15) is 0 Å². The summed E-state index contributed by atoms with van der Waals surface area (Å²) in [5.41, 5.74) is 1.85. The molecule has 1 aliphatic heterocycles. The third kappa shape index (κ3) is 4.46. The number of rotatable bonds is 6. The van der Waals surface area contributed by atoms with Crippen molar-refractivity contribution < 1.29 is 19.1 Å². The van der Waals surface area contributed by atoms with Gasteiger partial charge in [0.25, 0.3) is 0 Å². The summed E-state index contributed by atoms with van der Waals surface area (Å²) < 4.78 is 12.0. The second kappa shape index (κ2) is 9.09. The maximum absolute atomic E-state index is 12.9. The molecule has 6 nitrogen and oxygen atoms in total. The third-order valence-electron chi connectivity index (χ3n) is 4.52. The highest BCUT2D eigenvalue weighted by molar-refractivity contribution is 14.1. The van der Waals surface area contributed by atoms with Crippen LogP contribution in [0.3, 0.4) is 0 Å². The number of benzene rings is 2. The Morgan fingerprint density at radius 2 is 1.79 bits per heavy atom. The van der Waals surface area contributed by atoms with E-state index in [2.05, 4.69) is 27.9 Å². The fourth-order valence-electron chi connectivity index (χ4n) is 2.93. The summed E-state index contributed by atoms with van der Waals surface area (Å²) in [7, 11) is 1.63. The minimum Gasteiger partial charge on any atom is -0.490 e. The van der Waals surface area contributed by atoms with E-state index in [1.807, 2.05) is 54.6 Å². The highest BCUT2D eigenvalue weighted by Crippen LogP contribution is 2.32. The fraction of sp³-hybridized carbons (Fsp3) is 0.238. The van der Waals surface area contributed by atoms with Gasteiger partial charge in [0, 0.05) is 16.3 Å². The van der Waals surface area contributed by atoms with Crippen molar-refractivity contribution in [3.63, 3.8) is 0 Å². The minimum atomic E-state index is -0.556. The largest absolute Gasteiger partial charge is 0.490 e. The number of halogens is 1. The van der Waals surface area contributed by atoms with E-state index in [0.717, 1.165) is 14.9 Å². The molecule has 0 aromatic heterocycles. The standard InChI is InChI=1S/C21H21IN2O4/c1-14-18(20(25)28-13-12-27-15-8-4-3-5-9-15)19(23-21(26)24(14)2)16-10-6-7-11-17(16)22/h3-11,19H,12-13H2,1-2H3,(H,23,26). The maximum atomic E-state index is 12.9. The van der Waals surface area contributed by atoms with Crippen LogP contribution in [0.5, 0.6) is 5.75 Å². The lowest BCUT2D eigenvalue weighted by molar-refractivity contribution is -0.140. The van der Waals surface area contributed by atoms with E-state index in [4.69, 9.17) is 9.47 Å². The molecule has 0 fully saturated rings. The highest BCUT2D eigenvalue weighted by Gasteiger charge is 2.35. The van der Waals surface area contributed by atoms with Gasteiger partial charge in [-0.3, -0.25) is 0 Å². The van der Waals surface area contributed by atoms with Crippen LogP contribution >= 0.6 is 22.6 Å². The number of carbonyl (C=O) groups is 2. The first-order valence-electron chi connectivity index (χ1n) is 8.83. The van der Waals surface area contributed by atoms with Crippen molar-refractivity contribution in [3.8, 4) is 5.75 Å². The average Bonchev–Trinajstić information content (AvgIpc) is 2.70. The van der Waals surface area contributed by atoms with Crippen LogP contribution in [-0.2, 0) is 9.53 Å². The van der Waals surface area contributed by atoms with E-state index in [1.165, 1.54) is 4.90 Å². The number of urea groups is 1. The summed E-state index contributed by atoms with van der Waals surface area (Å²) in [5, 5.41) is 2.89. The lowest BCUT2D eigenvalue weighted by Gasteiger charge is -2.33. The van der Waals surface area contributed by atoms with Crippen LogP contribution < -0.4 is 10.1 Å². The van der Waals surface area contributed by atoms with Gasteiger partial charge in [0.15, 0.2) is 0 Å². The van der Waals surface area contributed by atoms with Gasteiger partial charge in [0.05, 0.1) is 11.6 Å². The summed E-state index contributed by atoms with van der Waals surface area (Å²) in [6.45, 7) is 2.11. The smallest absolute Gasteiger partial charge is 0.338 e. The molecule has 2 aromatic rings. The normalized spacial score (nSPS) is 16.6. The molecule has 0 aliphatic carbocycles. The molecule has 2 aromatic carbocycles. The van der Waals surface area contributed by atoms with Gasteiger partial charge in [0.1, 0.15) is 19.0 Å². The monoisotopic (exact) mass is 492 g/mol. The van der Waals surface area contributed by atoms with Crippen molar-refractivity contribution in [3.05, 3.63) is 75.0 Å². The summed E-state index contributed by atoms with van der Waals surface area (Å²) >= 11 is 2.20. The molecule has 0 bridgehead atoms. The Morgan fingerprint density at radius 3 is 2.50 bits per heavy atom. The molecular weight excluding hydrogens is 471 g/mol. The summed E-state index contributed by atoms with van der Waals surface area (Å²) in [6, 6.07) is 16.2. The zero-order valence-electron chi connectivity index (χ0n) is 15.6. The molecule has 1 N–H and O–H groups in total. The number of esters is 1. The van der Waals surface area contributed by atoms with E-state index in [9.17, 15) is 9.59 Å². The Labute approximate surface area is 177 Å². The summed E-state index contributed by atoms with van der Waals surface area (Å²) in [5.74, 6) is 0.251. The van der Waals surface area contributed by atoms with Gasteiger partial charge in [-0.1, -0.05) is 36.4 Å². The predicted molar refractivity (Wildman–Crippen MR) is 114 cm³/mol. The molecule has 1 aliphatic rings. The van der Waals surface area contributed by atoms with Crippen LogP contribution in [0.15, 0.2) is 65.9 Å². The average molecular weight is 492 g/mol. The van der Waals surface area contributed by atoms with E-state index >= 15 is 0 Å². The fourth-order valence-corrected chi connectivity index (χ4v) is 3.63. The number of nitrogens with one attached hydrogen (secondary N) is 1. The van der Waals surface area contributed by atoms with Crippen molar-refractivity contribution in [2.24, 2.45) is 0 Å². The van der Waals surface area contributed by atoms with E-state index in [-0.39, 0.29) is 19.2 Å². The Morgan fingerprint density at radius 1 is 1.11 bits per heavy atom. The van der Waals surface area contributed by atoms with E-state index in [1.54, 1.807) is 14.0 Å². The number of carbonyl (C=O) groups excluding carboxylic acids is 2. The molecule has 2 amide bonds. The molecule has 28 heavy (non-hydrogen) atoms. The summed E-state index contributed by atoms with van der Waals surface area (Å²) in [6.07, 6.45) is 0. The van der Waals surface area contributed by atoms with Gasteiger partial charge < -0.3 is 19.7 Å². The van der Waals surface area contributed by atoms with Crippen LogP contribution in [-0.4, -0.2) is 37.2 Å². The zero-order valence-corrected chi connectivity index (χ0v) is 17.8. The minimum absolute atomic E-state index is 0.112. The maximum Gasteiger partial charge on any atom is 0.338 e. The van der Waals surface area contributed by atoms with Gasteiger partial charge in [-0.25, -0.2) is 9.59 Å². The number of hydrogen-bond acceptors (Lipinski definition) is 4. The molecular formula is C21H21IN2O4. The Hall–Kier alpha value is -2.55. The highest BCUT2D eigenvalue weighted by atomic mass is 127. The number of hydrogen-bond donors (Lipinski definition) is 1. The first-order valence-corrected chi connectivity index (χ1v) is 9.91. The molecule has 1 atom stereocenters. The number of ether oxygens (including phenoxy) is 2. The van der Waals surface area contributed by atoms with Gasteiger partial charge in [-0.15, -0.1) is 0 Å². The Kier molecular flexibility index (Phi) is 6.56. The second-order valence-corrected chi connectivity index (χ2v) is 7.42. The molecule has 7 heteroatoms. The molecule has 0 saturated heterocycles. The predicted octanol–water partition coefficient (Wildman–Crippen LogP) is 3.88. The lowest BCUT2D eigenvalue weighted by atomic mass is 9.95. The first kappa shape index (κ1) is 20.2. The molecule has 1 unspecified atom stereocenters. The van der Waals surface area contributed by atoms with Crippen molar-refractivity contribution in [1.29, 1.82) is 0 Å². The molecule has 1 heterocycles. The molecule has 0 radical (unpaired) electrons. The van der Waals surface area contributed by atoms with E-state index in [0.29, 0.717) is 11.3 Å². The Bertz CT molecular complexity index is 898. The van der Waals surface area contributed by atoms with E-state index < -0.39 is 12.0 Å². The molecule has 146 valence electrons. The van der Waals surface area contributed by atoms with Crippen molar-refractivity contribution in [2.75, 3.05) is 20.3 Å². The van der Waals surface area contributed by atoms with Crippen molar-refractivity contribution >= 4 is 34.6 Å². The zero-order chi connectivity index (χ0) is 20.1. The lowest BCUT2D eigenvalue weighted by Crippen LogP contribution is -2.46. The first-order chi connectivity index (χ1) is 13.5. The number of nitrogens with zero attached hydrogens (tertiary/aromatic N) is 1. The molecule has 0 saturated carbocycles. The van der Waals surface area contributed by atoms with Gasteiger partial charge in [-0.05, 0) is 53.3 Å². The van der Waals surface area contributed by atoms with Crippen molar-refractivity contribution in [1.82, 2.24) is 10.2 Å². The van der Waals surface area contributed by atoms with Gasteiger partial charge >= 0.3 is 12.0 Å². The van der Waals surface area contributed by atoms with Crippen LogP contribution in [0.25, 0.3) is 0 Å². The second-order valence-electron chi connectivity index (χ2n) is 6.26. The molecule has 0 spiro atoms. The topological polar surface area (TPSA) is 67.9 Å². The number of para-hydroxylation sites is 1. The third-order valence-corrected chi connectivity index (χ3v) is 5.50. The molecule has 3 rings (SSSR count). The van der Waals surface area contributed by atoms with Crippen LogP contribution in [0, 0.1) is 3.57 Å². The van der Waals surface area contributed by atoms with Crippen molar-refractivity contribution in [2.45, 2.75) is 13.0 Å². The summed E-state index contributed by atoms with van der Waals surface area (Å²) in [4.78, 5) is 26.6. The van der Waals surface area contributed by atoms with Crippen LogP contribution in [0.1, 0.15) is 18.5 Å². The van der Waals surface area contributed by atoms with Crippen LogP contribution in [0.4, 0.5) is 4.79 Å². The number of amides is 2.